The molecule has 0 aliphatic carbocycles. The first kappa shape index (κ1) is 14.5. The van der Waals surface area contributed by atoms with Crippen molar-refractivity contribution in [1.82, 2.24) is 0 Å². The van der Waals surface area contributed by atoms with Gasteiger partial charge in [-0.1, -0.05) is 43.3 Å². The quantitative estimate of drug-likeness (QED) is 0.901. The molecule has 2 aromatic rings. The lowest BCUT2D eigenvalue weighted by Crippen LogP contribution is -2.29. The van der Waals surface area contributed by atoms with Crippen molar-refractivity contribution in [3.63, 3.8) is 0 Å². The van der Waals surface area contributed by atoms with Gasteiger partial charge >= 0.3 is 0 Å². The van der Waals surface area contributed by atoms with Crippen molar-refractivity contribution in [3.8, 4) is 5.75 Å². The number of methoxy groups -OCH3 is 1. The number of aliphatic hydroxyl groups is 1. The van der Waals surface area contributed by atoms with Gasteiger partial charge in [0.2, 0.25) is 0 Å². The fourth-order valence-corrected chi connectivity index (χ4v) is 2.41. The zero-order valence-corrected chi connectivity index (χ0v) is 11.8. The van der Waals surface area contributed by atoms with E-state index in [-0.39, 0.29) is 5.82 Å². The van der Waals surface area contributed by atoms with Crippen LogP contribution in [-0.4, -0.2) is 12.2 Å². The van der Waals surface area contributed by atoms with Crippen LogP contribution in [0.25, 0.3) is 0 Å². The maximum absolute atomic E-state index is 14.0. The summed E-state index contributed by atoms with van der Waals surface area (Å²) in [5, 5.41) is 10.9. The topological polar surface area (TPSA) is 29.5 Å². The smallest absolute Gasteiger partial charge is 0.129 e. The van der Waals surface area contributed by atoms with Crippen LogP contribution in [0.3, 0.4) is 0 Å². The molecule has 0 bridgehead atoms. The van der Waals surface area contributed by atoms with Crippen molar-refractivity contribution < 1.29 is 14.2 Å². The van der Waals surface area contributed by atoms with E-state index in [0.717, 1.165) is 5.56 Å². The minimum Gasteiger partial charge on any atom is -0.496 e. The van der Waals surface area contributed by atoms with Crippen LogP contribution in [0, 0.1) is 5.82 Å². The van der Waals surface area contributed by atoms with Gasteiger partial charge in [-0.25, -0.2) is 4.39 Å². The fourth-order valence-electron chi connectivity index (χ4n) is 2.41. The molecule has 2 nitrogen and oxygen atoms in total. The van der Waals surface area contributed by atoms with Gasteiger partial charge < -0.3 is 9.84 Å². The van der Waals surface area contributed by atoms with E-state index in [0.29, 0.717) is 24.2 Å². The standard InChI is InChI=1S/C17H19FO2/c1-3-17(19,14-9-5-6-10-15(14)18)12-13-8-4-7-11-16(13)20-2/h4-11,19H,3,12H2,1-2H3. The second kappa shape index (κ2) is 6.06. The normalized spacial score (nSPS) is 13.8. The molecule has 2 rings (SSSR count). The first-order valence-electron chi connectivity index (χ1n) is 6.70. The van der Waals surface area contributed by atoms with Gasteiger partial charge in [0.1, 0.15) is 11.6 Å². The molecule has 3 heteroatoms. The summed E-state index contributed by atoms with van der Waals surface area (Å²) in [7, 11) is 1.59. The lowest BCUT2D eigenvalue weighted by molar-refractivity contribution is 0.0286. The Morgan fingerprint density at radius 2 is 1.75 bits per heavy atom. The third kappa shape index (κ3) is 2.83. The van der Waals surface area contributed by atoms with E-state index < -0.39 is 5.60 Å². The van der Waals surface area contributed by atoms with E-state index in [1.54, 1.807) is 25.3 Å². The van der Waals surface area contributed by atoms with Crippen molar-refractivity contribution in [2.45, 2.75) is 25.4 Å². The highest BCUT2D eigenvalue weighted by atomic mass is 19.1. The Morgan fingerprint density at radius 1 is 1.10 bits per heavy atom. The summed E-state index contributed by atoms with van der Waals surface area (Å²) in [6, 6.07) is 13.9. The summed E-state index contributed by atoms with van der Waals surface area (Å²) >= 11 is 0. The Bertz CT molecular complexity index is 583. The number of rotatable bonds is 5. The third-order valence-electron chi connectivity index (χ3n) is 3.64. The van der Waals surface area contributed by atoms with Crippen molar-refractivity contribution in [2.24, 2.45) is 0 Å². The van der Waals surface area contributed by atoms with Crippen molar-refractivity contribution in [1.29, 1.82) is 0 Å². The molecule has 2 aromatic carbocycles. The average molecular weight is 274 g/mol. The maximum Gasteiger partial charge on any atom is 0.129 e. The zero-order valence-electron chi connectivity index (χ0n) is 11.8. The van der Waals surface area contributed by atoms with Crippen LogP contribution in [0.4, 0.5) is 4.39 Å². The number of hydrogen-bond acceptors (Lipinski definition) is 2. The first-order valence-corrected chi connectivity index (χ1v) is 6.70. The van der Waals surface area contributed by atoms with Gasteiger partial charge in [-0.3, -0.25) is 0 Å². The van der Waals surface area contributed by atoms with E-state index >= 15 is 0 Å². The molecule has 106 valence electrons. The largest absolute Gasteiger partial charge is 0.496 e. The van der Waals surface area contributed by atoms with Crippen LogP contribution in [0.1, 0.15) is 24.5 Å². The Morgan fingerprint density at radius 3 is 2.40 bits per heavy atom. The maximum atomic E-state index is 14.0. The van der Waals surface area contributed by atoms with Gasteiger partial charge in [-0.15, -0.1) is 0 Å². The molecule has 0 spiro atoms. The van der Waals surface area contributed by atoms with Crippen LogP contribution in [0.5, 0.6) is 5.75 Å². The third-order valence-corrected chi connectivity index (χ3v) is 3.64. The fraction of sp³-hybridized carbons (Fsp3) is 0.294. The van der Waals surface area contributed by atoms with Gasteiger partial charge in [-0.2, -0.15) is 0 Å². The molecule has 1 unspecified atom stereocenters. The number of para-hydroxylation sites is 1. The predicted octanol–water partition coefficient (Wildman–Crippen LogP) is 3.67. The van der Waals surface area contributed by atoms with E-state index in [2.05, 4.69) is 0 Å². The molecule has 1 N–H and O–H groups in total. The van der Waals surface area contributed by atoms with Crippen LogP contribution in [-0.2, 0) is 12.0 Å². The number of hydrogen-bond donors (Lipinski definition) is 1. The molecule has 0 aromatic heterocycles. The Hall–Kier alpha value is -1.87. The average Bonchev–Trinajstić information content (AvgIpc) is 2.48. The van der Waals surface area contributed by atoms with Crippen LogP contribution in [0.2, 0.25) is 0 Å². The van der Waals surface area contributed by atoms with Crippen molar-refractivity contribution in [2.75, 3.05) is 7.11 Å². The molecule has 0 aliphatic heterocycles. The van der Waals surface area contributed by atoms with Crippen LogP contribution < -0.4 is 4.74 Å². The summed E-state index contributed by atoms with van der Waals surface area (Å²) in [5.41, 5.74) is -0.0454. The Kier molecular flexibility index (Phi) is 4.40. The summed E-state index contributed by atoms with van der Waals surface area (Å²) < 4.78 is 19.3. The molecule has 1 atom stereocenters. The monoisotopic (exact) mass is 274 g/mol. The lowest BCUT2D eigenvalue weighted by atomic mass is 9.84. The van der Waals surface area contributed by atoms with E-state index in [1.807, 2.05) is 31.2 Å². The lowest BCUT2D eigenvalue weighted by Gasteiger charge is -2.28. The first-order chi connectivity index (χ1) is 9.60. The van der Waals surface area contributed by atoms with Crippen molar-refractivity contribution >= 4 is 0 Å². The highest BCUT2D eigenvalue weighted by molar-refractivity contribution is 5.36. The molecule has 0 saturated heterocycles. The second-order valence-electron chi connectivity index (χ2n) is 4.85. The number of benzene rings is 2. The molecule has 0 fully saturated rings. The van der Waals surface area contributed by atoms with Gasteiger partial charge in [0, 0.05) is 12.0 Å². The van der Waals surface area contributed by atoms with Gasteiger partial charge in [0.05, 0.1) is 12.7 Å². The molecule has 0 saturated carbocycles. The summed E-state index contributed by atoms with van der Waals surface area (Å²) in [4.78, 5) is 0. The molecule has 0 aliphatic rings. The minimum atomic E-state index is -1.24. The Balaban J connectivity index is 2.40. The molecule has 0 radical (unpaired) electrons. The highest BCUT2D eigenvalue weighted by Crippen LogP contribution is 2.33. The zero-order chi connectivity index (χ0) is 14.6. The SMILES string of the molecule is CCC(O)(Cc1ccccc1OC)c1ccccc1F. The van der Waals surface area contributed by atoms with E-state index in [1.165, 1.54) is 6.07 Å². The molecular weight excluding hydrogens is 255 g/mol. The van der Waals surface area contributed by atoms with Gasteiger partial charge in [0.15, 0.2) is 0 Å². The van der Waals surface area contributed by atoms with Crippen molar-refractivity contribution in [3.05, 3.63) is 65.5 Å². The molecule has 0 amide bonds. The summed E-state index contributed by atoms with van der Waals surface area (Å²) in [5.74, 6) is 0.322. The minimum absolute atomic E-state index is 0.314. The molecule has 20 heavy (non-hydrogen) atoms. The van der Waals surface area contributed by atoms with Gasteiger partial charge in [0.25, 0.3) is 0 Å². The van der Waals surface area contributed by atoms with E-state index in [4.69, 9.17) is 4.74 Å². The molecule has 0 heterocycles. The second-order valence-corrected chi connectivity index (χ2v) is 4.85. The van der Waals surface area contributed by atoms with E-state index in [9.17, 15) is 9.50 Å². The van der Waals surface area contributed by atoms with Crippen LogP contribution in [0.15, 0.2) is 48.5 Å². The molecular formula is C17H19FO2. The highest BCUT2D eigenvalue weighted by Gasteiger charge is 2.31. The Labute approximate surface area is 118 Å². The number of halogens is 1. The summed E-state index contributed by atoms with van der Waals surface area (Å²) in [6.45, 7) is 1.85. The van der Waals surface area contributed by atoms with Gasteiger partial charge in [-0.05, 0) is 24.1 Å². The number of ether oxygens (including phenoxy) is 1. The predicted molar refractivity (Wildman–Crippen MR) is 77.3 cm³/mol. The van der Waals surface area contributed by atoms with Crippen LogP contribution >= 0.6 is 0 Å². The summed E-state index contributed by atoms with van der Waals surface area (Å²) in [6.07, 6.45) is 0.737.